The van der Waals surface area contributed by atoms with Gasteiger partial charge in [-0.1, -0.05) is 56.5 Å². The Hall–Kier alpha value is -2.63. The first-order valence-electron chi connectivity index (χ1n) is 8.56. The molecule has 6 nitrogen and oxygen atoms in total. The first-order chi connectivity index (χ1) is 12.0. The van der Waals surface area contributed by atoms with E-state index in [9.17, 15) is 19.5 Å². The van der Waals surface area contributed by atoms with Crippen LogP contribution in [0, 0.1) is 0 Å². The smallest absolute Gasteiger partial charge is 0.326 e. The normalized spacial score (nSPS) is 11.9. The van der Waals surface area contributed by atoms with E-state index in [1.165, 1.54) is 6.08 Å². The monoisotopic (exact) mass is 346 g/mol. The van der Waals surface area contributed by atoms with Crippen LogP contribution in [0.5, 0.6) is 0 Å². The average Bonchev–Trinajstić information content (AvgIpc) is 2.60. The highest BCUT2D eigenvalue weighted by Crippen LogP contribution is 2.01. The highest BCUT2D eigenvalue weighted by molar-refractivity contribution is 5.95. The number of rotatable bonds is 11. The van der Waals surface area contributed by atoms with E-state index >= 15 is 0 Å². The highest BCUT2D eigenvalue weighted by Gasteiger charge is 2.22. The molecular weight excluding hydrogens is 320 g/mol. The van der Waals surface area contributed by atoms with Gasteiger partial charge in [-0.15, -0.1) is 0 Å². The molecule has 0 heterocycles. The number of benzene rings is 1. The molecule has 1 rings (SSSR count). The summed E-state index contributed by atoms with van der Waals surface area (Å²) in [7, 11) is 0. The fourth-order valence-corrected chi connectivity index (χ4v) is 2.19. The third kappa shape index (κ3) is 9.30. The number of unbranched alkanes of at least 4 members (excludes halogenated alkanes) is 3. The van der Waals surface area contributed by atoms with Crippen molar-refractivity contribution in [2.75, 3.05) is 6.54 Å². The summed E-state index contributed by atoms with van der Waals surface area (Å²) in [5.74, 6) is -2.16. The fourth-order valence-electron chi connectivity index (χ4n) is 2.19. The average molecular weight is 346 g/mol. The van der Waals surface area contributed by atoms with Crippen molar-refractivity contribution in [1.82, 2.24) is 10.6 Å². The van der Waals surface area contributed by atoms with Crippen LogP contribution in [0.2, 0.25) is 0 Å². The standard InChI is InChI=1S/C19H26N2O4/c1-2-3-4-8-13-20-18(23)14-16(19(24)25)21-17(22)12-11-15-9-6-5-7-10-15/h5-7,9-12,16H,2-4,8,13-14H2,1H3,(H,20,23)(H,21,22)(H,24,25)/b12-11+/t16-/m1/s1. The van der Waals surface area contributed by atoms with Crippen molar-refractivity contribution in [1.29, 1.82) is 0 Å². The molecule has 1 atom stereocenters. The van der Waals surface area contributed by atoms with Crippen LogP contribution in [0.4, 0.5) is 0 Å². The van der Waals surface area contributed by atoms with E-state index < -0.39 is 17.9 Å². The summed E-state index contributed by atoms with van der Waals surface area (Å²) in [6.45, 7) is 2.62. The van der Waals surface area contributed by atoms with Gasteiger partial charge in [0.05, 0.1) is 6.42 Å². The molecule has 6 heteroatoms. The maximum atomic E-state index is 11.9. The van der Waals surface area contributed by atoms with Gasteiger partial charge in [-0.2, -0.15) is 0 Å². The number of carboxylic acid groups (broad SMARTS) is 1. The van der Waals surface area contributed by atoms with E-state index in [1.807, 2.05) is 30.3 Å². The van der Waals surface area contributed by atoms with Crippen LogP contribution in [-0.2, 0) is 14.4 Å². The lowest BCUT2D eigenvalue weighted by molar-refractivity contribution is -0.143. The number of amides is 2. The SMILES string of the molecule is CCCCCCNC(=O)C[C@@H](NC(=O)/C=C/c1ccccc1)C(=O)O. The van der Waals surface area contributed by atoms with E-state index in [-0.39, 0.29) is 12.3 Å². The minimum Gasteiger partial charge on any atom is -0.480 e. The van der Waals surface area contributed by atoms with Crippen molar-refractivity contribution in [3.8, 4) is 0 Å². The van der Waals surface area contributed by atoms with Crippen molar-refractivity contribution in [2.24, 2.45) is 0 Å². The number of carbonyl (C=O) groups excluding carboxylic acids is 2. The van der Waals surface area contributed by atoms with Gasteiger partial charge in [-0.25, -0.2) is 4.79 Å². The Balaban J connectivity index is 2.42. The van der Waals surface area contributed by atoms with Crippen LogP contribution in [-0.4, -0.2) is 35.5 Å². The van der Waals surface area contributed by atoms with Crippen LogP contribution in [0.25, 0.3) is 6.08 Å². The van der Waals surface area contributed by atoms with Gasteiger partial charge < -0.3 is 15.7 Å². The topological polar surface area (TPSA) is 95.5 Å². The van der Waals surface area contributed by atoms with Gasteiger partial charge in [-0.05, 0) is 18.1 Å². The molecule has 1 aromatic carbocycles. The summed E-state index contributed by atoms with van der Waals surface area (Å²) in [5, 5.41) is 14.2. The molecule has 0 aliphatic carbocycles. The van der Waals surface area contributed by atoms with E-state index in [0.29, 0.717) is 6.54 Å². The van der Waals surface area contributed by atoms with Gasteiger partial charge >= 0.3 is 5.97 Å². The second-order valence-electron chi connectivity index (χ2n) is 5.76. The van der Waals surface area contributed by atoms with Gasteiger partial charge in [-0.3, -0.25) is 9.59 Å². The van der Waals surface area contributed by atoms with Gasteiger partial charge in [0.1, 0.15) is 6.04 Å². The van der Waals surface area contributed by atoms with Crippen LogP contribution in [0.3, 0.4) is 0 Å². The summed E-state index contributed by atoms with van der Waals surface area (Å²) in [6, 6.07) is 7.93. The van der Waals surface area contributed by atoms with E-state index in [0.717, 1.165) is 31.2 Å². The summed E-state index contributed by atoms with van der Waals surface area (Å²) < 4.78 is 0. The molecular formula is C19H26N2O4. The first-order valence-corrected chi connectivity index (χ1v) is 8.56. The molecule has 0 saturated heterocycles. The molecule has 0 fully saturated rings. The lowest BCUT2D eigenvalue weighted by Crippen LogP contribution is -2.43. The molecule has 0 aliphatic heterocycles. The predicted octanol–water partition coefficient (Wildman–Crippen LogP) is 2.36. The molecule has 0 aromatic heterocycles. The second-order valence-corrected chi connectivity index (χ2v) is 5.76. The third-order valence-electron chi connectivity index (χ3n) is 3.58. The summed E-state index contributed by atoms with van der Waals surface area (Å²) in [6.07, 6.45) is 6.67. The van der Waals surface area contributed by atoms with E-state index in [4.69, 9.17) is 0 Å². The Morgan fingerprint density at radius 3 is 2.48 bits per heavy atom. The van der Waals surface area contributed by atoms with Crippen molar-refractivity contribution >= 4 is 23.9 Å². The second kappa shape index (κ2) is 11.8. The molecule has 2 amide bonds. The molecule has 0 bridgehead atoms. The summed E-state index contributed by atoms with van der Waals surface area (Å²) >= 11 is 0. The Labute approximate surface area is 148 Å². The molecule has 0 radical (unpaired) electrons. The molecule has 3 N–H and O–H groups in total. The van der Waals surface area contributed by atoms with Crippen molar-refractivity contribution in [3.63, 3.8) is 0 Å². The molecule has 1 aromatic rings. The number of aliphatic carboxylic acids is 1. The molecule has 136 valence electrons. The summed E-state index contributed by atoms with van der Waals surface area (Å²) in [4.78, 5) is 34.9. The molecule has 0 unspecified atom stereocenters. The minimum absolute atomic E-state index is 0.284. The number of hydrogen-bond donors (Lipinski definition) is 3. The van der Waals surface area contributed by atoms with E-state index in [2.05, 4.69) is 17.6 Å². The molecule has 0 aliphatic rings. The van der Waals surface area contributed by atoms with Gasteiger partial charge in [0.2, 0.25) is 11.8 Å². The minimum atomic E-state index is -1.25. The number of nitrogens with one attached hydrogen (secondary N) is 2. The molecule has 0 saturated carbocycles. The van der Waals surface area contributed by atoms with E-state index in [1.54, 1.807) is 6.08 Å². The Kier molecular flexibility index (Phi) is 9.67. The third-order valence-corrected chi connectivity index (χ3v) is 3.58. The summed E-state index contributed by atoms with van der Waals surface area (Å²) in [5.41, 5.74) is 0.828. The maximum absolute atomic E-state index is 11.9. The zero-order valence-corrected chi connectivity index (χ0v) is 14.5. The van der Waals surface area contributed by atoms with Crippen molar-refractivity contribution < 1.29 is 19.5 Å². The van der Waals surface area contributed by atoms with Gasteiger partial charge in [0.15, 0.2) is 0 Å². The lowest BCUT2D eigenvalue weighted by Gasteiger charge is -2.13. The molecule has 0 spiro atoms. The fraction of sp³-hybridized carbons (Fsp3) is 0.421. The largest absolute Gasteiger partial charge is 0.480 e. The zero-order chi connectivity index (χ0) is 18.5. The number of carbonyl (C=O) groups is 3. The van der Waals surface area contributed by atoms with Crippen molar-refractivity contribution in [3.05, 3.63) is 42.0 Å². The lowest BCUT2D eigenvalue weighted by atomic mass is 10.1. The van der Waals surface area contributed by atoms with Crippen LogP contribution in [0.1, 0.15) is 44.6 Å². The Morgan fingerprint density at radius 2 is 1.84 bits per heavy atom. The number of hydrogen-bond acceptors (Lipinski definition) is 3. The van der Waals surface area contributed by atoms with Crippen LogP contribution >= 0.6 is 0 Å². The molecule has 25 heavy (non-hydrogen) atoms. The van der Waals surface area contributed by atoms with Gasteiger partial charge in [0.25, 0.3) is 0 Å². The maximum Gasteiger partial charge on any atom is 0.326 e. The number of carboxylic acids is 1. The quantitative estimate of drug-likeness (QED) is 0.423. The van der Waals surface area contributed by atoms with Crippen LogP contribution in [0.15, 0.2) is 36.4 Å². The highest BCUT2D eigenvalue weighted by atomic mass is 16.4. The first kappa shape index (κ1) is 20.4. The predicted molar refractivity (Wildman–Crippen MR) is 96.8 cm³/mol. The Bertz CT molecular complexity index is 584. The van der Waals surface area contributed by atoms with Crippen LogP contribution < -0.4 is 10.6 Å². The Morgan fingerprint density at radius 1 is 1.12 bits per heavy atom. The van der Waals surface area contributed by atoms with Crippen molar-refractivity contribution in [2.45, 2.75) is 45.1 Å². The van der Waals surface area contributed by atoms with Gasteiger partial charge in [0, 0.05) is 12.6 Å². The zero-order valence-electron chi connectivity index (χ0n) is 14.5.